The number of phenolic OH excluding ortho intramolecular Hbond substituents is 1. The number of phenols is 1. The molecule has 17 heavy (non-hydrogen) atoms. The van der Waals surface area contributed by atoms with Gasteiger partial charge in [0, 0.05) is 13.1 Å². The lowest BCUT2D eigenvalue weighted by atomic mass is 10.0. The molecule has 2 rings (SSSR count). The van der Waals surface area contributed by atoms with E-state index in [4.69, 9.17) is 0 Å². The third kappa shape index (κ3) is 3.45. The van der Waals surface area contributed by atoms with E-state index in [2.05, 4.69) is 4.90 Å². The maximum Gasteiger partial charge on any atom is 0.115 e. The second kappa shape index (κ2) is 5.07. The number of aromatic hydroxyl groups is 1. The normalized spacial score (nSPS) is 18.8. The molecule has 0 radical (unpaired) electrons. The van der Waals surface area contributed by atoms with Gasteiger partial charge in [0.05, 0.1) is 5.60 Å². The molecule has 3 nitrogen and oxygen atoms in total. The summed E-state index contributed by atoms with van der Waals surface area (Å²) in [5.74, 6) is 0.297. The van der Waals surface area contributed by atoms with Crippen LogP contribution < -0.4 is 0 Å². The van der Waals surface area contributed by atoms with Gasteiger partial charge in [0.25, 0.3) is 0 Å². The van der Waals surface area contributed by atoms with Crippen molar-refractivity contribution < 1.29 is 10.2 Å². The predicted octanol–water partition coefficient (Wildman–Crippen LogP) is 2.13. The van der Waals surface area contributed by atoms with Crippen molar-refractivity contribution in [3.05, 3.63) is 29.8 Å². The van der Waals surface area contributed by atoms with Gasteiger partial charge in [-0.2, -0.15) is 0 Å². The molecular formula is C14H21NO2. The van der Waals surface area contributed by atoms with Crippen molar-refractivity contribution in [3.63, 3.8) is 0 Å². The molecule has 0 heterocycles. The van der Waals surface area contributed by atoms with Crippen LogP contribution in [0.2, 0.25) is 0 Å². The van der Waals surface area contributed by atoms with Crippen molar-refractivity contribution in [2.45, 2.75) is 37.8 Å². The van der Waals surface area contributed by atoms with Crippen LogP contribution in [0.4, 0.5) is 0 Å². The first kappa shape index (κ1) is 12.4. The van der Waals surface area contributed by atoms with E-state index >= 15 is 0 Å². The maximum absolute atomic E-state index is 10.3. The standard InChI is InChI=1S/C14H21NO2/c1-15(11-14(17)8-2-3-9-14)10-12-4-6-13(16)7-5-12/h4-7,16-17H,2-3,8-11H2,1H3. The zero-order valence-corrected chi connectivity index (χ0v) is 10.4. The minimum Gasteiger partial charge on any atom is -0.508 e. The van der Waals surface area contributed by atoms with Crippen LogP contribution in [-0.4, -0.2) is 34.3 Å². The summed E-state index contributed by atoms with van der Waals surface area (Å²) in [6.07, 6.45) is 4.13. The van der Waals surface area contributed by atoms with Gasteiger partial charge in [-0.05, 0) is 37.6 Å². The van der Waals surface area contributed by atoms with Crippen LogP contribution in [0.15, 0.2) is 24.3 Å². The van der Waals surface area contributed by atoms with Crippen molar-refractivity contribution in [1.29, 1.82) is 0 Å². The Kier molecular flexibility index (Phi) is 3.69. The molecule has 1 saturated carbocycles. The highest BCUT2D eigenvalue weighted by Crippen LogP contribution is 2.30. The van der Waals surface area contributed by atoms with Gasteiger partial charge in [0.15, 0.2) is 0 Å². The summed E-state index contributed by atoms with van der Waals surface area (Å²) in [5, 5.41) is 19.5. The number of aliphatic hydroxyl groups is 1. The number of benzene rings is 1. The minimum atomic E-state index is -0.480. The van der Waals surface area contributed by atoms with Crippen LogP contribution in [0.5, 0.6) is 5.75 Å². The lowest BCUT2D eigenvalue weighted by Gasteiger charge is -2.28. The molecule has 1 aromatic rings. The van der Waals surface area contributed by atoms with Gasteiger partial charge in [-0.25, -0.2) is 0 Å². The summed E-state index contributed by atoms with van der Waals surface area (Å²) in [6.45, 7) is 1.54. The van der Waals surface area contributed by atoms with Crippen LogP contribution in [-0.2, 0) is 6.54 Å². The Labute approximate surface area is 103 Å². The van der Waals surface area contributed by atoms with E-state index in [0.717, 1.165) is 44.3 Å². The van der Waals surface area contributed by atoms with Crippen molar-refractivity contribution in [2.24, 2.45) is 0 Å². The van der Waals surface area contributed by atoms with Crippen LogP contribution in [0.25, 0.3) is 0 Å². The first-order chi connectivity index (χ1) is 8.07. The molecule has 1 aliphatic carbocycles. The van der Waals surface area contributed by atoms with Crippen molar-refractivity contribution >= 4 is 0 Å². The van der Waals surface area contributed by atoms with Crippen molar-refractivity contribution in [2.75, 3.05) is 13.6 Å². The molecule has 0 spiro atoms. The smallest absolute Gasteiger partial charge is 0.115 e. The van der Waals surface area contributed by atoms with Gasteiger partial charge in [0.2, 0.25) is 0 Å². The molecule has 1 aromatic carbocycles. The van der Waals surface area contributed by atoms with Gasteiger partial charge in [-0.1, -0.05) is 25.0 Å². The number of rotatable bonds is 4. The highest BCUT2D eigenvalue weighted by Gasteiger charge is 2.31. The molecule has 0 aliphatic heterocycles. The van der Waals surface area contributed by atoms with Crippen molar-refractivity contribution in [3.8, 4) is 5.75 Å². The van der Waals surface area contributed by atoms with Gasteiger partial charge in [-0.3, -0.25) is 4.90 Å². The number of hydrogen-bond donors (Lipinski definition) is 2. The van der Waals surface area contributed by atoms with Gasteiger partial charge in [-0.15, -0.1) is 0 Å². The summed E-state index contributed by atoms with van der Waals surface area (Å²) in [4.78, 5) is 2.15. The summed E-state index contributed by atoms with van der Waals surface area (Å²) in [6, 6.07) is 7.25. The molecule has 1 aliphatic rings. The second-order valence-corrected chi connectivity index (χ2v) is 5.27. The minimum absolute atomic E-state index is 0.297. The molecular weight excluding hydrogens is 214 g/mol. The molecule has 0 unspecified atom stereocenters. The van der Waals surface area contributed by atoms with Crippen LogP contribution in [0.3, 0.4) is 0 Å². The quantitative estimate of drug-likeness (QED) is 0.840. The lowest BCUT2D eigenvalue weighted by molar-refractivity contribution is 0.0145. The summed E-state index contributed by atoms with van der Waals surface area (Å²) in [5.41, 5.74) is 0.679. The Morgan fingerprint density at radius 1 is 1.18 bits per heavy atom. The number of hydrogen-bond acceptors (Lipinski definition) is 3. The van der Waals surface area contributed by atoms with Gasteiger partial charge < -0.3 is 10.2 Å². The highest BCUT2D eigenvalue weighted by molar-refractivity contribution is 5.25. The lowest BCUT2D eigenvalue weighted by Crippen LogP contribution is -2.38. The molecule has 1 fully saturated rings. The third-order valence-corrected chi connectivity index (χ3v) is 3.49. The molecule has 0 atom stereocenters. The van der Waals surface area contributed by atoms with Crippen LogP contribution >= 0.6 is 0 Å². The molecule has 94 valence electrons. The van der Waals surface area contributed by atoms with E-state index in [1.807, 2.05) is 19.2 Å². The Morgan fingerprint density at radius 2 is 1.76 bits per heavy atom. The first-order valence-electron chi connectivity index (χ1n) is 6.26. The Morgan fingerprint density at radius 3 is 2.35 bits per heavy atom. The van der Waals surface area contributed by atoms with E-state index in [1.54, 1.807) is 12.1 Å². The summed E-state index contributed by atoms with van der Waals surface area (Å²) >= 11 is 0. The fraction of sp³-hybridized carbons (Fsp3) is 0.571. The maximum atomic E-state index is 10.3. The van der Waals surface area contributed by atoms with E-state index < -0.39 is 5.60 Å². The molecule has 0 bridgehead atoms. The zero-order valence-electron chi connectivity index (χ0n) is 10.4. The largest absolute Gasteiger partial charge is 0.508 e. The topological polar surface area (TPSA) is 43.7 Å². The third-order valence-electron chi connectivity index (χ3n) is 3.49. The van der Waals surface area contributed by atoms with Crippen LogP contribution in [0, 0.1) is 0 Å². The molecule has 0 amide bonds. The predicted molar refractivity (Wildman–Crippen MR) is 67.9 cm³/mol. The monoisotopic (exact) mass is 235 g/mol. The fourth-order valence-electron chi connectivity index (χ4n) is 2.66. The highest BCUT2D eigenvalue weighted by atomic mass is 16.3. The van der Waals surface area contributed by atoms with Crippen molar-refractivity contribution in [1.82, 2.24) is 4.90 Å². The Bertz CT molecular complexity index is 355. The average molecular weight is 235 g/mol. The number of likely N-dealkylation sites (N-methyl/N-ethyl adjacent to an activating group) is 1. The zero-order chi connectivity index (χ0) is 12.3. The van der Waals surface area contributed by atoms with Gasteiger partial charge >= 0.3 is 0 Å². The summed E-state index contributed by atoms with van der Waals surface area (Å²) in [7, 11) is 2.03. The van der Waals surface area contributed by atoms with E-state index in [-0.39, 0.29) is 0 Å². The summed E-state index contributed by atoms with van der Waals surface area (Å²) < 4.78 is 0. The Hall–Kier alpha value is -1.06. The fourth-order valence-corrected chi connectivity index (χ4v) is 2.66. The molecule has 3 heteroatoms. The molecule has 0 saturated heterocycles. The SMILES string of the molecule is CN(Cc1ccc(O)cc1)CC1(O)CCCC1. The van der Waals surface area contributed by atoms with Gasteiger partial charge in [0.1, 0.15) is 5.75 Å². The Balaban J connectivity index is 1.88. The molecule has 2 N–H and O–H groups in total. The second-order valence-electron chi connectivity index (χ2n) is 5.27. The van der Waals surface area contributed by atoms with Crippen LogP contribution in [0.1, 0.15) is 31.2 Å². The first-order valence-corrected chi connectivity index (χ1v) is 6.26. The van der Waals surface area contributed by atoms with E-state index in [0.29, 0.717) is 5.75 Å². The average Bonchev–Trinajstić information content (AvgIpc) is 2.68. The van der Waals surface area contributed by atoms with E-state index in [9.17, 15) is 10.2 Å². The molecule has 0 aromatic heterocycles. The number of nitrogens with zero attached hydrogens (tertiary/aromatic N) is 1. The van der Waals surface area contributed by atoms with E-state index in [1.165, 1.54) is 0 Å².